The Morgan fingerprint density at radius 2 is 1.62 bits per heavy atom. The number of ether oxygens (including phenoxy) is 1. The van der Waals surface area contributed by atoms with Crippen molar-refractivity contribution < 1.29 is 9.53 Å². The number of hydrogen-bond donors (Lipinski definition) is 0. The molecule has 0 bridgehead atoms. The minimum Gasteiger partial charge on any atom is -0.455 e. The Balaban J connectivity index is 1.84. The van der Waals surface area contributed by atoms with Crippen LogP contribution in [-0.4, -0.2) is 24.0 Å². The molecule has 0 radical (unpaired) electrons. The second-order valence-corrected chi connectivity index (χ2v) is 5.99. The molecule has 0 saturated carbocycles. The number of esters is 1. The van der Waals surface area contributed by atoms with E-state index in [1.165, 1.54) is 11.6 Å². The predicted molar refractivity (Wildman–Crippen MR) is 97.5 cm³/mol. The third-order valence-electron chi connectivity index (χ3n) is 4.04. The largest absolute Gasteiger partial charge is 0.455 e. The number of hydrogen-bond acceptors (Lipinski definition) is 3. The Labute approximate surface area is 144 Å². The van der Waals surface area contributed by atoms with Crippen molar-refractivity contribution in [2.24, 2.45) is 0 Å². The van der Waals surface area contributed by atoms with Gasteiger partial charge in [-0.1, -0.05) is 66.7 Å². The highest BCUT2D eigenvalue weighted by molar-refractivity contribution is 5.82. The molecule has 0 heterocycles. The highest BCUT2D eigenvalue weighted by Crippen LogP contribution is 2.16. The molecule has 0 aromatic heterocycles. The Kier molecular flexibility index (Phi) is 6.76. The summed E-state index contributed by atoms with van der Waals surface area (Å²) < 4.78 is 5.44. The van der Waals surface area contributed by atoms with Crippen molar-refractivity contribution in [1.29, 1.82) is 0 Å². The standard InChI is InChI=1S/C21H25NO2/c1-17(22(3)16-19-10-6-4-7-11-19)14-15-21(23)24-18(2)20-12-8-5-9-13-20/h4-15,17-18H,16H2,1-3H3/b15-14+/t17-,18+/m1/s1. The average molecular weight is 323 g/mol. The van der Waals surface area contributed by atoms with Crippen molar-refractivity contribution in [2.45, 2.75) is 32.5 Å². The van der Waals surface area contributed by atoms with Crippen LogP contribution < -0.4 is 0 Å². The molecule has 0 aliphatic rings. The van der Waals surface area contributed by atoms with Gasteiger partial charge in [0.1, 0.15) is 6.10 Å². The van der Waals surface area contributed by atoms with Crippen molar-refractivity contribution in [3.8, 4) is 0 Å². The van der Waals surface area contributed by atoms with Crippen LogP contribution >= 0.6 is 0 Å². The van der Waals surface area contributed by atoms with E-state index in [9.17, 15) is 4.79 Å². The zero-order valence-electron chi connectivity index (χ0n) is 14.6. The summed E-state index contributed by atoms with van der Waals surface area (Å²) in [6, 6.07) is 20.2. The van der Waals surface area contributed by atoms with Crippen LogP contribution in [0.3, 0.4) is 0 Å². The lowest BCUT2D eigenvalue weighted by Crippen LogP contribution is -2.27. The Hall–Kier alpha value is -2.39. The fourth-order valence-corrected chi connectivity index (χ4v) is 2.39. The van der Waals surface area contributed by atoms with E-state index in [-0.39, 0.29) is 18.1 Å². The van der Waals surface area contributed by atoms with E-state index < -0.39 is 0 Å². The first kappa shape index (κ1) is 18.0. The monoisotopic (exact) mass is 323 g/mol. The molecule has 0 fully saturated rings. The maximum atomic E-state index is 12.0. The number of benzene rings is 2. The smallest absolute Gasteiger partial charge is 0.331 e. The Morgan fingerprint density at radius 3 is 2.25 bits per heavy atom. The number of rotatable bonds is 7. The van der Waals surface area contributed by atoms with Gasteiger partial charge in [0, 0.05) is 18.7 Å². The zero-order valence-corrected chi connectivity index (χ0v) is 14.6. The first-order valence-electron chi connectivity index (χ1n) is 8.24. The molecule has 3 heteroatoms. The number of likely N-dealkylation sites (N-methyl/N-ethyl adjacent to an activating group) is 1. The van der Waals surface area contributed by atoms with E-state index in [1.54, 1.807) is 0 Å². The molecule has 0 spiro atoms. The molecule has 2 atom stereocenters. The number of carbonyl (C=O) groups is 1. The maximum absolute atomic E-state index is 12.0. The van der Waals surface area contributed by atoms with Crippen LogP contribution in [0.5, 0.6) is 0 Å². The summed E-state index contributed by atoms with van der Waals surface area (Å²) in [7, 11) is 2.04. The van der Waals surface area contributed by atoms with E-state index in [1.807, 2.05) is 68.6 Å². The summed E-state index contributed by atoms with van der Waals surface area (Å²) in [5.74, 6) is -0.314. The fraction of sp³-hybridized carbons (Fsp3) is 0.286. The zero-order chi connectivity index (χ0) is 17.4. The Morgan fingerprint density at radius 1 is 1.04 bits per heavy atom. The molecule has 2 aromatic carbocycles. The molecule has 126 valence electrons. The van der Waals surface area contributed by atoms with E-state index in [0.717, 1.165) is 12.1 Å². The molecular formula is C21H25NO2. The molecule has 0 aliphatic heterocycles. The number of nitrogens with zero attached hydrogens (tertiary/aromatic N) is 1. The van der Waals surface area contributed by atoms with Gasteiger partial charge in [-0.2, -0.15) is 0 Å². The van der Waals surface area contributed by atoms with Crippen LogP contribution in [0.1, 0.15) is 31.1 Å². The van der Waals surface area contributed by atoms with Crippen LogP contribution in [0.15, 0.2) is 72.8 Å². The third kappa shape index (κ3) is 5.67. The SMILES string of the molecule is C[C@H](OC(=O)/C=C/[C@@H](C)N(C)Cc1ccccc1)c1ccccc1. The lowest BCUT2D eigenvalue weighted by Gasteiger charge is -2.22. The van der Waals surface area contributed by atoms with Gasteiger partial charge in [0.2, 0.25) is 0 Å². The van der Waals surface area contributed by atoms with Gasteiger partial charge in [-0.15, -0.1) is 0 Å². The molecule has 2 aromatic rings. The van der Waals surface area contributed by atoms with Crippen LogP contribution in [0.2, 0.25) is 0 Å². The number of carbonyl (C=O) groups excluding carboxylic acids is 1. The van der Waals surface area contributed by atoms with Gasteiger partial charge in [0.05, 0.1) is 0 Å². The van der Waals surface area contributed by atoms with Gasteiger partial charge in [0.25, 0.3) is 0 Å². The van der Waals surface area contributed by atoms with E-state index >= 15 is 0 Å². The van der Waals surface area contributed by atoms with E-state index in [2.05, 4.69) is 24.0 Å². The van der Waals surface area contributed by atoms with Crippen molar-refractivity contribution >= 4 is 5.97 Å². The van der Waals surface area contributed by atoms with Gasteiger partial charge in [-0.05, 0) is 32.0 Å². The minimum absolute atomic E-state index is 0.143. The van der Waals surface area contributed by atoms with Gasteiger partial charge in [-0.25, -0.2) is 4.79 Å². The van der Waals surface area contributed by atoms with Crippen LogP contribution in [-0.2, 0) is 16.1 Å². The lowest BCUT2D eigenvalue weighted by atomic mass is 10.1. The molecule has 0 saturated heterocycles. The van der Waals surface area contributed by atoms with Gasteiger partial charge < -0.3 is 4.74 Å². The topological polar surface area (TPSA) is 29.5 Å². The molecular weight excluding hydrogens is 298 g/mol. The van der Waals surface area contributed by atoms with Crippen LogP contribution in [0.4, 0.5) is 0 Å². The molecule has 24 heavy (non-hydrogen) atoms. The van der Waals surface area contributed by atoms with Gasteiger partial charge >= 0.3 is 5.97 Å². The second kappa shape index (κ2) is 9.04. The van der Waals surface area contributed by atoms with Crippen molar-refractivity contribution in [3.05, 3.63) is 83.9 Å². The molecule has 0 aliphatic carbocycles. The minimum atomic E-state index is -0.314. The van der Waals surface area contributed by atoms with Crippen molar-refractivity contribution in [1.82, 2.24) is 4.90 Å². The molecule has 2 rings (SSSR count). The summed E-state index contributed by atoms with van der Waals surface area (Å²) >= 11 is 0. The Bertz CT molecular complexity index is 652. The summed E-state index contributed by atoms with van der Waals surface area (Å²) in [6.45, 7) is 4.78. The molecule has 3 nitrogen and oxygen atoms in total. The first-order valence-corrected chi connectivity index (χ1v) is 8.24. The summed E-state index contributed by atoms with van der Waals surface area (Å²) in [4.78, 5) is 14.2. The quantitative estimate of drug-likeness (QED) is 0.560. The van der Waals surface area contributed by atoms with Crippen molar-refractivity contribution in [3.63, 3.8) is 0 Å². The summed E-state index contributed by atoms with van der Waals surface area (Å²) in [6.07, 6.45) is 3.15. The summed E-state index contributed by atoms with van der Waals surface area (Å²) in [5, 5.41) is 0. The predicted octanol–water partition coefficient (Wildman–Crippen LogP) is 4.37. The van der Waals surface area contributed by atoms with Gasteiger partial charge in [0.15, 0.2) is 0 Å². The average Bonchev–Trinajstić information content (AvgIpc) is 2.61. The second-order valence-electron chi connectivity index (χ2n) is 5.99. The van der Waals surface area contributed by atoms with Crippen LogP contribution in [0, 0.1) is 0 Å². The lowest BCUT2D eigenvalue weighted by molar-refractivity contribution is -0.142. The van der Waals surface area contributed by atoms with E-state index in [4.69, 9.17) is 4.74 Å². The fourth-order valence-electron chi connectivity index (χ4n) is 2.39. The normalized spacial score (nSPS) is 13.8. The highest BCUT2D eigenvalue weighted by Gasteiger charge is 2.10. The third-order valence-corrected chi connectivity index (χ3v) is 4.04. The van der Waals surface area contributed by atoms with E-state index in [0.29, 0.717) is 0 Å². The molecule has 0 N–H and O–H groups in total. The summed E-state index contributed by atoms with van der Waals surface area (Å²) in [5.41, 5.74) is 2.24. The first-order chi connectivity index (χ1) is 11.6. The molecule has 0 amide bonds. The van der Waals surface area contributed by atoms with Gasteiger partial charge in [-0.3, -0.25) is 4.90 Å². The van der Waals surface area contributed by atoms with Crippen LogP contribution in [0.25, 0.3) is 0 Å². The molecule has 0 unspecified atom stereocenters. The maximum Gasteiger partial charge on any atom is 0.331 e. The van der Waals surface area contributed by atoms with Crippen molar-refractivity contribution in [2.75, 3.05) is 7.05 Å². The highest BCUT2D eigenvalue weighted by atomic mass is 16.5.